The molecule has 5 nitrogen and oxygen atoms in total. The topological polar surface area (TPSA) is 62.4 Å². The standard InChI is InChI=1S/C16H21N3O2/c1-12-2-4-14(5-3-12)16-18-17-15(21-16)11-19-8-6-13(10-19)7-9-20/h2-5,13,20H,6-11H2,1H3. The Labute approximate surface area is 124 Å². The SMILES string of the molecule is Cc1ccc(-c2nnc(CN3CCC(CCO)C3)o2)cc1. The molecule has 1 saturated heterocycles. The van der Waals surface area contributed by atoms with Gasteiger partial charge in [-0.2, -0.15) is 0 Å². The lowest BCUT2D eigenvalue weighted by Crippen LogP contribution is -2.20. The number of hydrogen-bond acceptors (Lipinski definition) is 5. The summed E-state index contributed by atoms with van der Waals surface area (Å²) < 4.78 is 5.75. The van der Waals surface area contributed by atoms with Gasteiger partial charge in [0.15, 0.2) is 0 Å². The van der Waals surface area contributed by atoms with Gasteiger partial charge in [0.05, 0.1) is 6.54 Å². The summed E-state index contributed by atoms with van der Waals surface area (Å²) in [7, 11) is 0. The van der Waals surface area contributed by atoms with E-state index in [4.69, 9.17) is 9.52 Å². The highest BCUT2D eigenvalue weighted by molar-refractivity contribution is 5.52. The van der Waals surface area contributed by atoms with E-state index in [1.165, 1.54) is 5.56 Å². The van der Waals surface area contributed by atoms with Crippen molar-refractivity contribution in [2.75, 3.05) is 19.7 Å². The summed E-state index contributed by atoms with van der Waals surface area (Å²) >= 11 is 0. The van der Waals surface area contributed by atoms with Crippen molar-refractivity contribution >= 4 is 0 Å². The Morgan fingerprint density at radius 3 is 2.86 bits per heavy atom. The minimum absolute atomic E-state index is 0.274. The lowest BCUT2D eigenvalue weighted by molar-refractivity contribution is 0.243. The van der Waals surface area contributed by atoms with E-state index in [-0.39, 0.29) is 6.61 Å². The first-order valence-electron chi connectivity index (χ1n) is 7.47. The van der Waals surface area contributed by atoms with Crippen LogP contribution in [-0.4, -0.2) is 39.9 Å². The molecular weight excluding hydrogens is 266 g/mol. The summed E-state index contributed by atoms with van der Waals surface area (Å²) in [6.07, 6.45) is 2.02. The highest BCUT2D eigenvalue weighted by Gasteiger charge is 2.23. The van der Waals surface area contributed by atoms with E-state index in [2.05, 4.69) is 22.0 Å². The maximum absolute atomic E-state index is 8.99. The predicted molar refractivity (Wildman–Crippen MR) is 79.6 cm³/mol. The fraction of sp³-hybridized carbons (Fsp3) is 0.500. The Balaban J connectivity index is 1.62. The molecule has 0 amide bonds. The molecular formula is C16H21N3O2. The van der Waals surface area contributed by atoms with Gasteiger partial charge in [0.2, 0.25) is 11.8 Å². The molecule has 1 aliphatic heterocycles. The van der Waals surface area contributed by atoms with Gasteiger partial charge >= 0.3 is 0 Å². The van der Waals surface area contributed by atoms with Gasteiger partial charge in [-0.3, -0.25) is 4.90 Å². The average Bonchev–Trinajstić information content (AvgIpc) is 3.11. The first-order valence-corrected chi connectivity index (χ1v) is 7.47. The maximum atomic E-state index is 8.99. The number of nitrogens with zero attached hydrogens (tertiary/aromatic N) is 3. The van der Waals surface area contributed by atoms with Crippen molar-refractivity contribution in [3.8, 4) is 11.5 Å². The van der Waals surface area contributed by atoms with Crippen molar-refractivity contribution in [3.63, 3.8) is 0 Å². The fourth-order valence-electron chi connectivity index (χ4n) is 2.80. The summed E-state index contributed by atoms with van der Waals surface area (Å²) in [5, 5.41) is 17.3. The van der Waals surface area contributed by atoms with Crippen molar-refractivity contribution in [2.24, 2.45) is 5.92 Å². The second kappa shape index (κ2) is 6.37. The van der Waals surface area contributed by atoms with E-state index in [1.807, 2.05) is 24.3 Å². The molecule has 0 radical (unpaired) electrons. The number of aliphatic hydroxyl groups is 1. The zero-order valence-corrected chi connectivity index (χ0v) is 12.3. The van der Waals surface area contributed by atoms with Crippen LogP contribution >= 0.6 is 0 Å². The molecule has 1 atom stereocenters. The van der Waals surface area contributed by atoms with E-state index < -0.39 is 0 Å². The molecule has 0 saturated carbocycles. The van der Waals surface area contributed by atoms with Gasteiger partial charge in [-0.05, 0) is 44.4 Å². The third kappa shape index (κ3) is 3.49. The van der Waals surface area contributed by atoms with Crippen LogP contribution in [0.2, 0.25) is 0 Å². The molecule has 112 valence electrons. The van der Waals surface area contributed by atoms with Crippen LogP contribution in [0.3, 0.4) is 0 Å². The minimum Gasteiger partial charge on any atom is -0.419 e. The molecule has 1 aromatic heterocycles. The van der Waals surface area contributed by atoms with Gasteiger partial charge in [0.1, 0.15) is 0 Å². The summed E-state index contributed by atoms with van der Waals surface area (Å²) in [5.74, 6) is 1.83. The molecule has 0 spiro atoms. The van der Waals surface area contributed by atoms with Gasteiger partial charge in [-0.25, -0.2) is 0 Å². The molecule has 1 unspecified atom stereocenters. The molecule has 1 fully saturated rings. The molecule has 1 aliphatic rings. The molecule has 3 rings (SSSR count). The third-order valence-electron chi connectivity index (χ3n) is 4.03. The van der Waals surface area contributed by atoms with Crippen LogP contribution in [0.5, 0.6) is 0 Å². The Morgan fingerprint density at radius 2 is 2.10 bits per heavy atom. The van der Waals surface area contributed by atoms with Crippen LogP contribution in [0.4, 0.5) is 0 Å². The maximum Gasteiger partial charge on any atom is 0.247 e. The van der Waals surface area contributed by atoms with Crippen LogP contribution in [0.1, 0.15) is 24.3 Å². The van der Waals surface area contributed by atoms with Gasteiger partial charge in [-0.15, -0.1) is 10.2 Å². The molecule has 0 bridgehead atoms. The molecule has 1 aromatic carbocycles. The first kappa shape index (κ1) is 14.2. The van der Waals surface area contributed by atoms with Crippen LogP contribution < -0.4 is 0 Å². The van der Waals surface area contributed by atoms with Gasteiger partial charge in [0, 0.05) is 18.7 Å². The average molecular weight is 287 g/mol. The number of aliphatic hydroxyl groups excluding tert-OH is 1. The van der Waals surface area contributed by atoms with Crippen LogP contribution in [0.25, 0.3) is 11.5 Å². The number of aromatic nitrogens is 2. The predicted octanol–water partition coefficient (Wildman–Crippen LogP) is 2.25. The molecule has 2 heterocycles. The molecule has 5 heteroatoms. The number of aryl methyl sites for hydroxylation is 1. The molecule has 1 N–H and O–H groups in total. The highest BCUT2D eigenvalue weighted by atomic mass is 16.4. The minimum atomic E-state index is 0.274. The zero-order valence-electron chi connectivity index (χ0n) is 12.3. The second-order valence-corrected chi connectivity index (χ2v) is 5.77. The van der Waals surface area contributed by atoms with Crippen LogP contribution in [0.15, 0.2) is 28.7 Å². The number of benzene rings is 1. The highest BCUT2D eigenvalue weighted by Crippen LogP contribution is 2.22. The van der Waals surface area contributed by atoms with E-state index >= 15 is 0 Å². The Bertz CT molecular complexity index is 579. The largest absolute Gasteiger partial charge is 0.419 e. The van der Waals surface area contributed by atoms with E-state index in [0.29, 0.717) is 24.2 Å². The van der Waals surface area contributed by atoms with Crippen LogP contribution in [0, 0.1) is 12.8 Å². The zero-order chi connectivity index (χ0) is 14.7. The van der Waals surface area contributed by atoms with Gasteiger partial charge < -0.3 is 9.52 Å². The van der Waals surface area contributed by atoms with Gasteiger partial charge in [0.25, 0.3) is 0 Å². The number of hydrogen-bond donors (Lipinski definition) is 1. The van der Waals surface area contributed by atoms with Crippen molar-refractivity contribution in [2.45, 2.75) is 26.3 Å². The Hall–Kier alpha value is -1.72. The number of likely N-dealkylation sites (tertiary alicyclic amines) is 1. The lowest BCUT2D eigenvalue weighted by Gasteiger charge is -2.12. The summed E-state index contributed by atoms with van der Waals surface area (Å²) in [6, 6.07) is 8.08. The van der Waals surface area contributed by atoms with Crippen molar-refractivity contribution < 1.29 is 9.52 Å². The molecule has 2 aromatic rings. The smallest absolute Gasteiger partial charge is 0.247 e. The van der Waals surface area contributed by atoms with Crippen LogP contribution in [-0.2, 0) is 6.54 Å². The van der Waals surface area contributed by atoms with Gasteiger partial charge in [-0.1, -0.05) is 17.7 Å². The summed E-state index contributed by atoms with van der Waals surface area (Å²) in [4.78, 5) is 2.31. The number of rotatable bonds is 5. The van der Waals surface area contributed by atoms with Crippen molar-refractivity contribution in [1.82, 2.24) is 15.1 Å². The quantitative estimate of drug-likeness (QED) is 0.914. The normalized spacial score (nSPS) is 19.2. The Kier molecular flexibility index (Phi) is 4.31. The van der Waals surface area contributed by atoms with Crippen molar-refractivity contribution in [1.29, 1.82) is 0 Å². The van der Waals surface area contributed by atoms with E-state index in [9.17, 15) is 0 Å². The summed E-state index contributed by atoms with van der Waals surface area (Å²) in [5.41, 5.74) is 2.17. The molecule has 21 heavy (non-hydrogen) atoms. The van der Waals surface area contributed by atoms with E-state index in [1.54, 1.807) is 0 Å². The second-order valence-electron chi connectivity index (χ2n) is 5.77. The first-order chi connectivity index (χ1) is 10.2. The summed E-state index contributed by atoms with van der Waals surface area (Å²) in [6.45, 7) is 5.06. The lowest BCUT2D eigenvalue weighted by atomic mass is 10.1. The monoisotopic (exact) mass is 287 g/mol. The van der Waals surface area contributed by atoms with Crippen molar-refractivity contribution in [3.05, 3.63) is 35.7 Å². The fourth-order valence-corrected chi connectivity index (χ4v) is 2.80. The third-order valence-corrected chi connectivity index (χ3v) is 4.03. The molecule has 0 aliphatic carbocycles. The Morgan fingerprint density at radius 1 is 1.29 bits per heavy atom. The van der Waals surface area contributed by atoms with E-state index in [0.717, 1.165) is 31.5 Å².